The summed E-state index contributed by atoms with van der Waals surface area (Å²) >= 11 is 10.8. The first-order valence-electron chi connectivity index (χ1n) is 6.21. The predicted octanol–water partition coefficient (Wildman–Crippen LogP) is 3.13. The summed E-state index contributed by atoms with van der Waals surface area (Å²) in [5, 5.41) is 11.3. The van der Waals surface area contributed by atoms with E-state index in [2.05, 4.69) is 15.5 Å². The molecule has 0 bridgehead atoms. The number of aryl methyl sites for hydroxylation is 1. The number of halogens is 2. The highest BCUT2D eigenvalue weighted by atomic mass is 35.5. The molecule has 2 aromatic rings. The molecule has 3 N–H and O–H groups in total. The molecule has 0 atom stereocenters. The Kier molecular flexibility index (Phi) is 4.69. The Labute approximate surface area is 132 Å². The van der Waals surface area contributed by atoms with E-state index in [0.29, 0.717) is 17.9 Å². The van der Waals surface area contributed by atoms with Crippen molar-refractivity contribution < 1.29 is 4.39 Å². The van der Waals surface area contributed by atoms with Crippen LogP contribution < -0.4 is 11.1 Å². The van der Waals surface area contributed by atoms with Crippen molar-refractivity contribution >= 4 is 34.6 Å². The largest absolute Gasteiger partial charge is 0.389 e. The molecule has 110 valence electrons. The van der Waals surface area contributed by atoms with E-state index in [4.69, 9.17) is 29.6 Å². The van der Waals surface area contributed by atoms with E-state index in [9.17, 15) is 4.39 Å². The minimum absolute atomic E-state index is 0.0787. The molecule has 0 radical (unpaired) electrons. The summed E-state index contributed by atoms with van der Waals surface area (Å²) in [5.74, 6) is 0.0567. The number of nitrogens with two attached hydrogens (primary N) is 1. The number of nitrogens with zero attached hydrogens (tertiary/aromatic N) is 2. The maximum atomic E-state index is 13.1. The highest BCUT2D eigenvalue weighted by Gasteiger charge is 2.13. The third kappa shape index (κ3) is 3.46. The lowest BCUT2D eigenvalue weighted by Crippen LogP contribution is -2.18. The Bertz CT molecular complexity index is 706. The van der Waals surface area contributed by atoms with Gasteiger partial charge in [-0.3, -0.25) is 0 Å². The van der Waals surface area contributed by atoms with Crippen molar-refractivity contribution in [2.24, 2.45) is 5.73 Å². The van der Waals surface area contributed by atoms with Crippen LogP contribution in [0.3, 0.4) is 0 Å². The lowest BCUT2D eigenvalue weighted by atomic mass is 10.1. The molecule has 7 heteroatoms. The molecular weight excluding hydrogens is 311 g/mol. The van der Waals surface area contributed by atoms with Gasteiger partial charge in [0.25, 0.3) is 0 Å². The number of aromatic nitrogens is 2. The van der Waals surface area contributed by atoms with Crippen LogP contribution in [0.2, 0.25) is 5.02 Å². The zero-order valence-electron chi connectivity index (χ0n) is 11.6. The predicted molar refractivity (Wildman–Crippen MR) is 86.1 cm³/mol. The summed E-state index contributed by atoms with van der Waals surface area (Å²) in [4.78, 5) is 0.255. The van der Waals surface area contributed by atoms with Gasteiger partial charge >= 0.3 is 0 Å². The van der Waals surface area contributed by atoms with Crippen molar-refractivity contribution in [1.29, 1.82) is 0 Å². The molecule has 21 heavy (non-hydrogen) atoms. The number of thiocarbonyl (C=S) groups is 1. The fourth-order valence-corrected chi connectivity index (χ4v) is 2.32. The molecular formula is C14H14ClFN4S. The molecule has 0 aliphatic carbocycles. The second-order valence-corrected chi connectivity index (χ2v) is 5.45. The van der Waals surface area contributed by atoms with Crippen LogP contribution in [0.15, 0.2) is 18.2 Å². The van der Waals surface area contributed by atoms with Gasteiger partial charge in [-0.05, 0) is 37.1 Å². The third-order valence-corrected chi connectivity index (χ3v) is 3.64. The summed E-state index contributed by atoms with van der Waals surface area (Å²) < 4.78 is 13.1. The lowest BCUT2D eigenvalue weighted by Gasteiger charge is -2.13. The first kappa shape index (κ1) is 15.6. The van der Waals surface area contributed by atoms with Crippen molar-refractivity contribution in [3.8, 4) is 0 Å². The topological polar surface area (TPSA) is 63.8 Å². The Morgan fingerprint density at radius 3 is 2.71 bits per heavy atom. The summed E-state index contributed by atoms with van der Waals surface area (Å²) in [6.07, 6.45) is 0. The molecule has 0 unspecified atom stereocenters. The molecule has 0 amide bonds. The van der Waals surface area contributed by atoms with Gasteiger partial charge in [0, 0.05) is 6.54 Å². The maximum Gasteiger partial charge on any atom is 0.159 e. The van der Waals surface area contributed by atoms with E-state index in [1.54, 1.807) is 12.1 Å². The number of nitrogens with one attached hydrogen (secondary N) is 1. The smallest absolute Gasteiger partial charge is 0.159 e. The fraction of sp³-hybridized carbons (Fsp3) is 0.214. The van der Waals surface area contributed by atoms with Gasteiger partial charge in [0.15, 0.2) is 5.82 Å². The van der Waals surface area contributed by atoms with E-state index in [-0.39, 0.29) is 10.0 Å². The zero-order valence-corrected chi connectivity index (χ0v) is 13.1. The van der Waals surface area contributed by atoms with Gasteiger partial charge in [0.05, 0.1) is 16.3 Å². The van der Waals surface area contributed by atoms with Crippen molar-refractivity contribution in [3.05, 3.63) is 51.4 Å². The van der Waals surface area contributed by atoms with Crippen LogP contribution in [0.1, 0.15) is 22.4 Å². The van der Waals surface area contributed by atoms with Gasteiger partial charge in [0.2, 0.25) is 0 Å². The Morgan fingerprint density at radius 2 is 2.10 bits per heavy atom. The Balaban J connectivity index is 2.26. The third-order valence-electron chi connectivity index (χ3n) is 3.14. The van der Waals surface area contributed by atoms with Gasteiger partial charge < -0.3 is 11.1 Å². The number of rotatable bonds is 4. The molecule has 0 aliphatic rings. The van der Waals surface area contributed by atoms with Gasteiger partial charge in [-0.1, -0.05) is 29.9 Å². The normalized spacial score (nSPS) is 10.5. The highest BCUT2D eigenvalue weighted by molar-refractivity contribution is 7.80. The molecule has 0 saturated carbocycles. The van der Waals surface area contributed by atoms with Crippen LogP contribution in [-0.2, 0) is 6.54 Å². The first-order chi connectivity index (χ1) is 9.90. The maximum absolute atomic E-state index is 13.1. The van der Waals surface area contributed by atoms with E-state index in [1.807, 2.05) is 13.8 Å². The molecule has 1 aromatic heterocycles. The molecule has 4 nitrogen and oxygen atoms in total. The van der Waals surface area contributed by atoms with E-state index >= 15 is 0 Å². The van der Waals surface area contributed by atoms with Gasteiger partial charge in [0.1, 0.15) is 10.8 Å². The highest BCUT2D eigenvalue weighted by Crippen LogP contribution is 2.20. The Hall–Kier alpha value is -1.79. The number of anilines is 1. The van der Waals surface area contributed by atoms with Gasteiger partial charge in [-0.25, -0.2) is 4.39 Å². The molecule has 0 spiro atoms. The van der Waals surface area contributed by atoms with Crippen LogP contribution in [0.4, 0.5) is 10.2 Å². The van der Waals surface area contributed by atoms with Crippen molar-refractivity contribution in [1.82, 2.24) is 10.2 Å². The van der Waals surface area contributed by atoms with E-state index in [0.717, 1.165) is 16.8 Å². The minimum atomic E-state index is -0.449. The SMILES string of the molecule is Cc1nnc(NCc2ccc(F)c(Cl)c2)c(C(N)=S)c1C. The van der Waals surface area contributed by atoms with Gasteiger partial charge in [-0.15, -0.1) is 5.10 Å². The van der Waals surface area contributed by atoms with Crippen molar-refractivity contribution in [2.75, 3.05) is 5.32 Å². The first-order valence-corrected chi connectivity index (χ1v) is 7.00. The van der Waals surface area contributed by atoms with Crippen LogP contribution in [-0.4, -0.2) is 15.2 Å². The number of hydrogen-bond donors (Lipinski definition) is 2. The van der Waals surface area contributed by atoms with Crippen LogP contribution >= 0.6 is 23.8 Å². The van der Waals surface area contributed by atoms with Crippen molar-refractivity contribution in [2.45, 2.75) is 20.4 Å². The Morgan fingerprint density at radius 1 is 1.38 bits per heavy atom. The lowest BCUT2D eigenvalue weighted by molar-refractivity contribution is 0.627. The average molecular weight is 325 g/mol. The summed E-state index contributed by atoms with van der Waals surface area (Å²) in [7, 11) is 0. The number of hydrogen-bond acceptors (Lipinski definition) is 4. The molecule has 1 aromatic carbocycles. The average Bonchev–Trinajstić information content (AvgIpc) is 2.43. The van der Waals surface area contributed by atoms with E-state index in [1.165, 1.54) is 6.07 Å². The standard InChI is InChI=1S/C14H14ClFN4S/c1-7-8(2)19-20-14(12(7)13(17)21)18-6-9-3-4-11(16)10(15)5-9/h3-5H,6H2,1-2H3,(H2,17,21)(H,18,20). The zero-order chi connectivity index (χ0) is 15.6. The minimum Gasteiger partial charge on any atom is -0.389 e. The van der Waals surface area contributed by atoms with Crippen LogP contribution in [0.5, 0.6) is 0 Å². The van der Waals surface area contributed by atoms with Crippen LogP contribution in [0.25, 0.3) is 0 Å². The summed E-state index contributed by atoms with van der Waals surface area (Å²) in [6.45, 7) is 4.14. The molecule has 0 saturated heterocycles. The van der Waals surface area contributed by atoms with Crippen molar-refractivity contribution in [3.63, 3.8) is 0 Å². The second kappa shape index (κ2) is 6.32. The second-order valence-electron chi connectivity index (χ2n) is 4.60. The monoisotopic (exact) mass is 324 g/mol. The molecule has 1 heterocycles. The summed E-state index contributed by atoms with van der Waals surface area (Å²) in [5.41, 5.74) is 8.89. The fourth-order valence-electron chi connectivity index (χ4n) is 1.87. The number of benzene rings is 1. The van der Waals surface area contributed by atoms with Gasteiger partial charge in [-0.2, -0.15) is 5.10 Å². The van der Waals surface area contributed by atoms with Crippen LogP contribution in [0, 0.1) is 19.7 Å². The quantitative estimate of drug-likeness (QED) is 0.846. The molecule has 2 rings (SSSR count). The molecule has 0 fully saturated rings. The summed E-state index contributed by atoms with van der Waals surface area (Å²) in [6, 6.07) is 4.52. The molecule has 0 aliphatic heterocycles. The van der Waals surface area contributed by atoms with E-state index < -0.39 is 5.82 Å².